The number of hydrogen-bond donors (Lipinski definition) is 1. The summed E-state index contributed by atoms with van der Waals surface area (Å²) in [6.07, 6.45) is -5.70. The third kappa shape index (κ3) is 2.74. The van der Waals surface area contributed by atoms with Crippen LogP contribution in [0.25, 0.3) is 0 Å². The summed E-state index contributed by atoms with van der Waals surface area (Å²) in [5.74, 6) is -4.69. The molecule has 0 heterocycles. The summed E-state index contributed by atoms with van der Waals surface area (Å²) >= 11 is 2.99. The Balaban J connectivity index is 3.12. The molecule has 0 aromatic heterocycles. The van der Waals surface area contributed by atoms with Gasteiger partial charge in [-0.2, -0.15) is 22.0 Å². The van der Waals surface area contributed by atoms with Gasteiger partial charge in [0.15, 0.2) is 0 Å². The van der Waals surface area contributed by atoms with Gasteiger partial charge in [-0.1, -0.05) is 6.07 Å². The summed E-state index contributed by atoms with van der Waals surface area (Å²) in [4.78, 5) is 0. The van der Waals surface area contributed by atoms with E-state index in [4.69, 9.17) is 10.5 Å². The fraction of sp³-hybridized carbons (Fsp3) is 0.400. The highest BCUT2D eigenvalue weighted by molar-refractivity contribution is 9.10. The van der Waals surface area contributed by atoms with Gasteiger partial charge in [0.25, 0.3) is 0 Å². The highest BCUT2D eigenvalue weighted by atomic mass is 79.9. The van der Waals surface area contributed by atoms with E-state index < -0.39 is 18.1 Å². The number of ether oxygens (including phenoxy) is 1. The van der Waals surface area contributed by atoms with Crippen LogP contribution < -0.4 is 10.5 Å². The smallest absolute Gasteiger partial charge is 0.455 e. The summed E-state index contributed by atoms with van der Waals surface area (Å²) in [6.45, 7) is 0. The van der Waals surface area contributed by atoms with E-state index in [1.807, 2.05) is 0 Å². The third-order valence-electron chi connectivity index (χ3n) is 2.30. The van der Waals surface area contributed by atoms with Gasteiger partial charge >= 0.3 is 12.1 Å². The van der Waals surface area contributed by atoms with Crippen LogP contribution >= 0.6 is 15.9 Å². The molecule has 0 unspecified atom stereocenters. The third-order valence-corrected chi connectivity index (χ3v) is 2.92. The van der Waals surface area contributed by atoms with Crippen LogP contribution in [-0.2, 0) is 0 Å². The first-order valence-electron chi connectivity index (χ1n) is 4.64. The lowest BCUT2D eigenvalue weighted by Crippen LogP contribution is -2.45. The lowest BCUT2D eigenvalue weighted by atomic mass is 10.0. The molecule has 1 aromatic rings. The summed E-state index contributed by atoms with van der Waals surface area (Å²) < 4.78 is 67.6. The summed E-state index contributed by atoms with van der Waals surface area (Å²) in [5.41, 5.74) is 4.65. The molecule has 1 rings (SSSR count). The number of nitrogens with two attached hydrogens (primary N) is 1. The Hall–Kier alpha value is -0.890. The van der Waals surface area contributed by atoms with Gasteiger partial charge in [-0.25, -0.2) is 0 Å². The van der Waals surface area contributed by atoms with Gasteiger partial charge in [0.2, 0.25) is 0 Å². The fourth-order valence-corrected chi connectivity index (χ4v) is 1.82. The molecule has 0 radical (unpaired) electrons. The van der Waals surface area contributed by atoms with Gasteiger partial charge in [-0.3, -0.25) is 0 Å². The summed E-state index contributed by atoms with van der Waals surface area (Å²) in [5, 5.41) is 0. The van der Waals surface area contributed by atoms with Crippen molar-refractivity contribution in [3.8, 4) is 5.75 Å². The fourth-order valence-electron chi connectivity index (χ4n) is 1.26. The minimum Gasteiger partial charge on any atom is -0.496 e. The first kappa shape index (κ1) is 15.2. The molecular formula is C10H9BrF5NO. The standard InChI is InChI=1S/C10H9BrF5NO/c1-18-7-3-2-5(4-6(7)11)8(17)9(12,13)10(14,15)16/h2-4,8H,17H2,1H3/t8-/m0/s1. The number of benzene rings is 1. The molecule has 2 N–H and O–H groups in total. The Kier molecular flexibility index (Phi) is 4.22. The van der Waals surface area contributed by atoms with E-state index in [0.29, 0.717) is 5.75 Å². The predicted molar refractivity (Wildman–Crippen MR) is 58.6 cm³/mol. The molecule has 1 aromatic carbocycles. The van der Waals surface area contributed by atoms with Gasteiger partial charge in [-0.15, -0.1) is 0 Å². The molecule has 18 heavy (non-hydrogen) atoms. The van der Waals surface area contributed by atoms with Crippen molar-refractivity contribution in [1.82, 2.24) is 0 Å². The average molecular weight is 334 g/mol. The van der Waals surface area contributed by atoms with E-state index in [-0.39, 0.29) is 10.0 Å². The summed E-state index contributed by atoms with van der Waals surface area (Å²) in [6, 6.07) is 0.919. The molecule has 0 spiro atoms. The molecule has 0 amide bonds. The second-order valence-corrected chi connectivity index (χ2v) is 4.35. The molecule has 0 bridgehead atoms. The van der Waals surface area contributed by atoms with E-state index in [1.165, 1.54) is 13.2 Å². The Morgan fingerprint density at radius 1 is 1.22 bits per heavy atom. The molecule has 102 valence electrons. The lowest BCUT2D eigenvalue weighted by molar-refractivity contribution is -0.291. The second kappa shape index (κ2) is 5.00. The number of rotatable bonds is 3. The van der Waals surface area contributed by atoms with E-state index in [1.54, 1.807) is 0 Å². The molecule has 0 aliphatic heterocycles. The molecule has 1 atom stereocenters. The molecule has 0 aliphatic carbocycles. The van der Waals surface area contributed by atoms with Crippen LogP contribution in [0.1, 0.15) is 11.6 Å². The van der Waals surface area contributed by atoms with E-state index in [0.717, 1.165) is 12.1 Å². The summed E-state index contributed by atoms with van der Waals surface area (Å²) in [7, 11) is 1.34. The van der Waals surface area contributed by atoms with Crippen molar-refractivity contribution in [2.24, 2.45) is 5.73 Å². The minimum atomic E-state index is -5.70. The predicted octanol–water partition coefficient (Wildman–Crippen LogP) is 3.66. The topological polar surface area (TPSA) is 35.2 Å². The average Bonchev–Trinajstić information content (AvgIpc) is 2.26. The van der Waals surface area contributed by atoms with Gasteiger partial charge in [0.05, 0.1) is 11.6 Å². The lowest BCUT2D eigenvalue weighted by Gasteiger charge is -2.26. The minimum absolute atomic E-state index is 0.246. The SMILES string of the molecule is COc1ccc([C@H](N)C(F)(F)C(F)(F)F)cc1Br. The van der Waals surface area contributed by atoms with Crippen LogP contribution in [0, 0.1) is 0 Å². The van der Waals surface area contributed by atoms with E-state index in [2.05, 4.69) is 15.9 Å². The Morgan fingerprint density at radius 3 is 2.17 bits per heavy atom. The zero-order chi connectivity index (χ0) is 14.1. The van der Waals surface area contributed by atoms with Crippen molar-refractivity contribution >= 4 is 15.9 Å². The Bertz CT molecular complexity index is 435. The van der Waals surface area contributed by atoms with Crippen LogP contribution in [0.5, 0.6) is 5.75 Å². The van der Waals surface area contributed by atoms with Gasteiger partial charge in [0, 0.05) is 0 Å². The molecular weight excluding hydrogens is 325 g/mol. The van der Waals surface area contributed by atoms with E-state index in [9.17, 15) is 22.0 Å². The van der Waals surface area contributed by atoms with Crippen molar-refractivity contribution in [3.05, 3.63) is 28.2 Å². The van der Waals surface area contributed by atoms with Crippen molar-refractivity contribution < 1.29 is 26.7 Å². The van der Waals surface area contributed by atoms with Crippen LogP contribution in [0.15, 0.2) is 22.7 Å². The van der Waals surface area contributed by atoms with Gasteiger partial charge < -0.3 is 10.5 Å². The number of methoxy groups -OCH3 is 1. The van der Waals surface area contributed by atoms with Crippen LogP contribution in [-0.4, -0.2) is 19.2 Å². The monoisotopic (exact) mass is 333 g/mol. The van der Waals surface area contributed by atoms with Gasteiger partial charge in [0.1, 0.15) is 11.8 Å². The number of hydrogen-bond acceptors (Lipinski definition) is 2. The molecule has 0 saturated heterocycles. The van der Waals surface area contributed by atoms with Crippen molar-refractivity contribution in [1.29, 1.82) is 0 Å². The normalized spacial score (nSPS) is 14.4. The zero-order valence-electron chi connectivity index (χ0n) is 9.06. The maximum atomic E-state index is 13.0. The highest BCUT2D eigenvalue weighted by Crippen LogP contribution is 2.44. The molecule has 0 saturated carbocycles. The second-order valence-electron chi connectivity index (χ2n) is 3.49. The zero-order valence-corrected chi connectivity index (χ0v) is 10.6. The molecule has 8 heteroatoms. The first-order chi connectivity index (χ1) is 8.11. The maximum Gasteiger partial charge on any atom is 0.455 e. The van der Waals surface area contributed by atoms with Crippen molar-refractivity contribution in [2.75, 3.05) is 7.11 Å². The van der Waals surface area contributed by atoms with Crippen molar-refractivity contribution in [2.45, 2.75) is 18.1 Å². The van der Waals surface area contributed by atoms with Crippen LogP contribution in [0.2, 0.25) is 0 Å². The van der Waals surface area contributed by atoms with E-state index >= 15 is 0 Å². The van der Waals surface area contributed by atoms with Gasteiger partial charge in [-0.05, 0) is 33.6 Å². The molecule has 0 fully saturated rings. The molecule has 2 nitrogen and oxygen atoms in total. The largest absolute Gasteiger partial charge is 0.496 e. The highest BCUT2D eigenvalue weighted by Gasteiger charge is 2.61. The quantitative estimate of drug-likeness (QED) is 0.857. The van der Waals surface area contributed by atoms with Crippen LogP contribution in [0.4, 0.5) is 22.0 Å². The molecule has 0 aliphatic rings. The Morgan fingerprint density at radius 2 is 1.78 bits per heavy atom. The van der Waals surface area contributed by atoms with Crippen LogP contribution in [0.3, 0.4) is 0 Å². The number of alkyl halides is 5. The Labute approximate surface area is 108 Å². The maximum absolute atomic E-state index is 13.0. The first-order valence-corrected chi connectivity index (χ1v) is 5.44. The van der Waals surface area contributed by atoms with Crippen molar-refractivity contribution in [3.63, 3.8) is 0 Å². The number of halogens is 6.